The van der Waals surface area contributed by atoms with Crippen molar-refractivity contribution in [3.05, 3.63) is 235 Å². The Balaban J connectivity index is 1.05. The summed E-state index contributed by atoms with van der Waals surface area (Å²) < 4.78 is 13.1. The first-order valence-electron chi connectivity index (χ1n) is 19.8. The number of hydrogen-bond acceptors (Lipinski definition) is 3. The van der Waals surface area contributed by atoms with Crippen molar-refractivity contribution in [2.45, 2.75) is 5.41 Å². The number of hydrogen-bond donors (Lipinski definition) is 0. The summed E-state index contributed by atoms with van der Waals surface area (Å²) in [6.45, 7) is 0. The Bertz CT molecular complexity index is 3170. The van der Waals surface area contributed by atoms with Crippen molar-refractivity contribution >= 4 is 39.0 Å². The van der Waals surface area contributed by atoms with Crippen LogP contribution in [0.25, 0.3) is 55.3 Å². The highest BCUT2D eigenvalue weighted by molar-refractivity contribution is 6.06. The molecule has 1 aliphatic carbocycles. The van der Waals surface area contributed by atoms with Crippen LogP contribution in [0.2, 0.25) is 0 Å². The van der Waals surface area contributed by atoms with Gasteiger partial charge in [-0.1, -0.05) is 146 Å². The number of furan rings is 1. The number of fused-ring (bicyclic) bond motifs is 12. The Morgan fingerprint density at radius 2 is 0.897 bits per heavy atom. The van der Waals surface area contributed by atoms with E-state index in [1.54, 1.807) is 0 Å². The number of nitrogens with zero attached hydrogens (tertiary/aromatic N) is 1. The Morgan fingerprint density at radius 1 is 0.328 bits per heavy atom. The molecule has 3 nitrogen and oxygen atoms in total. The molecule has 0 amide bonds. The highest BCUT2D eigenvalue weighted by atomic mass is 16.5. The topological polar surface area (TPSA) is 25.6 Å². The minimum atomic E-state index is -0.565. The first kappa shape index (κ1) is 32.6. The quantitative estimate of drug-likeness (QED) is 0.176. The lowest BCUT2D eigenvalue weighted by Crippen LogP contribution is -2.32. The molecule has 3 heteroatoms. The van der Waals surface area contributed by atoms with E-state index in [1.165, 1.54) is 27.8 Å². The minimum absolute atomic E-state index is 0.565. The fourth-order valence-electron chi connectivity index (χ4n) is 9.59. The molecule has 0 atom stereocenters. The molecule has 12 rings (SSSR count). The Kier molecular flexibility index (Phi) is 7.14. The molecule has 2 aliphatic rings. The molecule has 10 aromatic rings. The average molecular weight is 742 g/mol. The van der Waals surface area contributed by atoms with Gasteiger partial charge >= 0.3 is 0 Å². The van der Waals surface area contributed by atoms with Crippen LogP contribution in [0.4, 0.5) is 17.1 Å². The summed E-state index contributed by atoms with van der Waals surface area (Å²) in [6, 6.07) is 76.1. The number of para-hydroxylation sites is 2. The second-order valence-corrected chi connectivity index (χ2v) is 15.2. The fourth-order valence-corrected chi connectivity index (χ4v) is 9.59. The van der Waals surface area contributed by atoms with Gasteiger partial charge in [-0.2, -0.15) is 0 Å². The second kappa shape index (κ2) is 12.7. The third-order valence-electron chi connectivity index (χ3n) is 12.1. The summed E-state index contributed by atoms with van der Waals surface area (Å²) in [4.78, 5) is 2.37. The van der Waals surface area contributed by atoms with Crippen LogP contribution in [0.5, 0.6) is 11.5 Å². The fraction of sp³-hybridized carbons (Fsp3) is 0.0182. The van der Waals surface area contributed by atoms with Crippen LogP contribution in [0, 0.1) is 0 Å². The number of anilines is 3. The largest absolute Gasteiger partial charge is 0.457 e. The van der Waals surface area contributed by atoms with Crippen molar-refractivity contribution in [1.82, 2.24) is 0 Å². The van der Waals surface area contributed by atoms with Crippen LogP contribution in [0.3, 0.4) is 0 Å². The molecule has 0 fully saturated rings. The van der Waals surface area contributed by atoms with Crippen molar-refractivity contribution < 1.29 is 9.15 Å². The van der Waals surface area contributed by atoms with E-state index in [1.807, 2.05) is 12.1 Å². The SMILES string of the molecule is c1ccc(-c2cccc(N(c3ccc(-c4ccc5c(c4)oc4ccccc45)cc3)c3ccc4c(c3)C3(c5ccccc5O4)c4ccccc4-c4ccccc43)c2)cc1. The maximum atomic E-state index is 6.81. The molecule has 1 aromatic heterocycles. The second-order valence-electron chi connectivity index (χ2n) is 15.2. The van der Waals surface area contributed by atoms with Crippen LogP contribution in [0.15, 0.2) is 217 Å². The third-order valence-corrected chi connectivity index (χ3v) is 12.1. The summed E-state index contributed by atoms with van der Waals surface area (Å²) in [7, 11) is 0. The van der Waals surface area contributed by atoms with Gasteiger partial charge in [-0.3, -0.25) is 0 Å². The van der Waals surface area contributed by atoms with Gasteiger partial charge in [0.2, 0.25) is 0 Å². The van der Waals surface area contributed by atoms with E-state index in [0.717, 1.165) is 78.3 Å². The highest BCUT2D eigenvalue weighted by Crippen LogP contribution is 2.62. The van der Waals surface area contributed by atoms with E-state index >= 15 is 0 Å². The Labute approximate surface area is 336 Å². The lowest BCUT2D eigenvalue weighted by Gasteiger charge is -2.40. The van der Waals surface area contributed by atoms with Gasteiger partial charge in [-0.25, -0.2) is 0 Å². The standard InChI is InChI=1S/C55H35NO2/c1-2-13-36(14-3-1)38-15-12-16-41(33-38)56(40-28-25-37(26-29-40)39-27-31-46-45-19-6-10-23-51(45)57-54(46)34-39)42-30-32-53-50(35-42)55(49-22-9-11-24-52(49)58-53)47-20-7-4-17-43(47)44-18-5-8-21-48(44)55/h1-35H. The molecule has 272 valence electrons. The Hall–Kier alpha value is -7.62. The van der Waals surface area contributed by atoms with Crippen LogP contribution in [-0.4, -0.2) is 0 Å². The normalized spacial score (nSPS) is 13.1. The maximum Gasteiger partial charge on any atom is 0.136 e. The van der Waals surface area contributed by atoms with E-state index < -0.39 is 5.41 Å². The van der Waals surface area contributed by atoms with Gasteiger partial charge in [0.15, 0.2) is 0 Å². The van der Waals surface area contributed by atoms with Gasteiger partial charge < -0.3 is 14.1 Å². The summed E-state index contributed by atoms with van der Waals surface area (Å²) in [5, 5.41) is 2.27. The molecule has 0 N–H and O–H groups in total. The number of ether oxygens (including phenoxy) is 1. The molecular formula is C55H35NO2. The molecule has 0 bridgehead atoms. The van der Waals surface area contributed by atoms with Crippen LogP contribution in [0.1, 0.15) is 22.3 Å². The van der Waals surface area contributed by atoms with Crippen LogP contribution in [-0.2, 0) is 5.41 Å². The molecule has 0 radical (unpaired) electrons. The number of rotatable bonds is 5. The van der Waals surface area contributed by atoms with E-state index in [2.05, 4.69) is 205 Å². The first-order valence-corrected chi connectivity index (χ1v) is 19.8. The molecule has 2 heterocycles. The van der Waals surface area contributed by atoms with Gasteiger partial charge in [0, 0.05) is 39.0 Å². The molecule has 1 spiro atoms. The van der Waals surface area contributed by atoms with Gasteiger partial charge in [-0.15, -0.1) is 0 Å². The lowest BCUT2D eigenvalue weighted by atomic mass is 9.66. The zero-order chi connectivity index (χ0) is 38.2. The Morgan fingerprint density at radius 3 is 1.71 bits per heavy atom. The van der Waals surface area contributed by atoms with E-state index in [0.29, 0.717) is 0 Å². The van der Waals surface area contributed by atoms with Crippen LogP contribution >= 0.6 is 0 Å². The van der Waals surface area contributed by atoms with Crippen molar-refractivity contribution in [3.63, 3.8) is 0 Å². The smallest absolute Gasteiger partial charge is 0.136 e. The monoisotopic (exact) mass is 741 g/mol. The van der Waals surface area contributed by atoms with Gasteiger partial charge in [0.05, 0.1) is 5.41 Å². The molecule has 0 unspecified atom stereocenters. The lowest BCUT2D eigenvalue weighted by molar-refractivity contribution is 0.436. The summed E-state index contributed by atoms with van der Waals surface area (Å²) in [5.74, 6) is 1.75. The zero-order valence-corrected chi connectivity index (χ0v) is 31.5. The number of benzene rings is 9. The molecule has 1 aliphatic heterocycles. The zero-order valence-electron chi connectivity index (χ0n) is 31.5. The van der Waals surface area contributed by atoms with Gasteiger partial charge in [0.25, 0.3) is 0 Å². The highest BCUT2D eigenvalue weighted by Gasteiger charge is 2.51. The third kappa shape index (κ3) is 4.80. The molecular weight excluding hydrogens is 707 g/mol. The minimum Gasteiger partial charge on any atom is -0.457 e. The molecule has 0 saturated heterocycles. The van der Waals surface area contributed by atoms with Crippen molar-refractivity contribution in [2.24, 2.45) is 0 Å². The summed E-state index contributed by atoms with van der Waals surface area (Å²) in [6.07, 6.45) is 0. The van der Waals surface area contributed by atoms with Gasteiger partial charge in [0.1, 0.15) is 22.7 Å². The van der Waals surface area contributed by atoms with Gasteiger partial charge in [-0.05, 0) is 111 Å². The van der Waals surface area contributed by atoms with Crippen LogP contribution < -0.4 is 9.64 Å². The van der Waals surface area contributed by atoms with E-state index in [-0.39, 0.29) is 0 Å². The summed E-state index contributed by atoms with van der Waals surface area (Å²) >= 11 is 0. The maximum absolute atomic E-state index is 6.81. The van der Waals surface area contributed by atoms with Crippen molar-refractivity contribution in [1.29, 1.82) is 0 Å². The predicted molar refractivity (Wildman–Crippen MR) is 237 cm³/mol. The molecule has 58 heavy (non-hydrogen) atoms. The van der Waals surface area contributed by atoms with E-state index in [9.17, 15) is 0 Å². The van der Waals surface area contributed by atoms with Crippen molar-refractivity contribution in [3.8, 4) is 44.9 Å². The average Bonchev–Trinajstić information content (AvgIpc) is 3.81. The first-order chi connectivity index (χ1) is 28.7. The summed E-state index contributed by atoms with van der Waals surface area (Å²) in [5.41, 5.74) is 16.3. The molecule has 9 aromatic carbocycles. The van der Waals surface area contributed by atoms with Crippen molar-refractivity contribution in [2.75, 3.05) is 4.90 Å². The predicted octanol–water partition coefficient (Wildman–Crippen LogP) is 14.9. The molecule has 0 saturated carbocycles. The van der Waals surface area contributed by atoms with E-state index in [4.69, 9.17) is 9.15 Å².